The number of piperazine rings is 1. The molecule has 1 N–H and O–H groups in total. The summed E-state index contributed by atoms with van der Waals surface area (Å²) in [5.41, 5.74) is 8.09. The topological polar surface area (TPSA) is 43.8 Å². The zero-order valence-electron chi connectivity index (χ0n) is 15.7. The fraction of sp³-hybridized carbons (Fsp3) is 0.217. The Balaban J connectivity index is 1.37. The molecule has 5 rings (SSSR count). The van der Waals surface area contributed by atoms with Crippen LogP contribution in [0.25, 0.3) is 0 Å². The molecule has 0 amide bonds. The van der Waals surface area contributed by atoms with E-state index in [4.69, 9.17) is 5.10 Å². The number of nitrogens with zero attached hydrogens (tertiary/aromatic N) is 4. The SMILES string of the molecule is c1ccc(C2=NNC(N3CCN(c4ccccn4)CC3)c3ccccc32)cc1. The molecule has 1 unspecified atom stereocenters. The third-order valence-corrected chi connectivity index (χ3v) is 5.51. The molecule has 2 aliphatic rings. The first-order chi connectivity index (χ1) is 13.9. The van der Waals surface area contributed by atoms with Crippen molar-refractivity contribution < 1.29 is 0 Å². The van der Waals surface area contributed by atoms with E-state index in [1.807, 2.05) is 24.4 Å². The van der Waals surface area contributed by atoms with Crippen molar-refractivity contribution in [2.75, 3.05) is 31.1 Å². The van der Waals surface area contributed by atoms with Crippen molar-refractivity contribution in [2.45, 2.75) is 6.17 Å². The van der Waals surface area contributed by atoms with Gasteiger partial charge in [0.1, 0.15) is 12.0 Å². The van der Waals surface area contributed by atoms with Crippen LogP contribution in [0.2, 0.25) is 0 Å². The fourth-order valence-electron chi connectivity index (χ4n) is 4.05. The third-order valence-electron chi connectivity index (χ3n) is 5.51. The summed E-state index contributed by atoms with van der Waals surface area (Å²) < 4.78 is 0. The van der Waals surface area contributed by atoms with Gasteiger partial charge in [-0.05, 0) is 17.7 Å². The minimum atomic E-state index is 0.106. The van der Waals surface area contributed by atoms with Crippen LogP contribution in [0.15, 0.2) is 84.1 Å². The van der Waals surface area contributed by atoms with E-state index in [9.17, 15) is 0 Å². The average Bonchev–Trinajstić information content (AvgIpc) is 2.80. The van der Waals surface area contributed by atoms with Crippen LogP contribution < -0.4 is 10.3 Å². The van der Waals surface area contributed by atoms with Crippen LogP contribution in [0.4, 0.5) is 5.82 Å². The minimum Gasteiger partial charge on any atom is -0.354 e. The molecule has 3 aromatic rings. The van der Waals surface area contributed by atoms with Crippen molar-refractivity contribution in [2.24, 2.45) is 5.10 Å². The number of pyridine rings is 1. The molecule has 1 atom stereocenters. The molecule has 0 saturated carbocycles. The maximum absolute atomic E-state index is 4.77. The molecular weight excluding hydrogens is 346 g/mol. The van der Waals surface area contributed by atoms with E-state index in [-0.39, 0.29) is 6.17 Å². The van der Waals surface area contributed by atoms with Crippen molar-refractivity contribution in [1.29, 1.82) is 0 Å². The molecule has 0 bridgehead atoms. The van der Waals surface area contributed by atoms with Gasteiger partial charge in [0, 0.05) is 43.5 Å². The number of hydrogen-bond acceptors (Lipinski definition) is 5. The lowest BCUT2D eigenvalue weighted by Gasteiger charge is -2.41. The minimum absolute atomic E-state index is 0.106. The summed E-state index contributed by atoms with van der Waals surface area (Å²) in [6.07, 6.45) is 1.97. The Morgan fingerprint density at radius 1 is 0.786 bits per heavy atom. The number of hydrazone groups is 1. The lowest BCUT2D eigenvalue weighted by Crippen LogP contribution is -2.51. The molecule has 2 aliphatic heterocycles. The van der Waals surface area contributed by atoms with Crippen LogP contribution in [-0.2, 0) is 0 Å². The van der Waals surface area contributed by atoms with E-state index < -0.39 is 0 Å². The maximum Gasteiger partial charge on any atom is 0.128 e. The van der Waals surface area contributed by atoms with E-state index in [0.29, 0.717) is 0 Å². The van der Waals surface area contributed by atoms with Gasteiger partial charge in [0.25, 0.3) is 0 Å². The number of hydrogen-bond donors (Lipinski definition) is 1. The number of fused-ring (bicyclic) bond motifs is 1. The van der Waals surface area contributed by atoms with Crippen molar-refractivity contribution in [3.63, 3.8) is 0 Å². The van der Waals surface area contributed by atoms with E-state index in [0.717, 1.165) is 43.3 Å². The molecule has 1 fully saturated rings. The van der Waals surface area contributed by atoms with Gasteiger partial charge in [-0.25, -0.2) is 4.98 Å². The van der Waals surface area contributed by atoms with Gasteiger partial charge in [-0.2, -0.15) is 5.10 Å². The Morgan fingerprint density at radius 3 is 2.32 bits per heavy atom. The standard InChI is InChI=1S/C23H23N5/c1-2-8-18(9-3-1)22-19-10-4-5-11-20(19)23(26-25-22)28-16-14-27(15-17-28)21-12-6-7-13-24-21/h1-13,23,26H,14-17H2. The van der Waals surface area contributed by atoms with E-state index >= 15 is 0 Å². The predicted octanol–water partition coefficient (Wildman–Crippen LogP) is 3.26. The molecule has 0 radical (unpaired) electrons. The van der Waals surface area contributed by atoms with Gasteiger partial charge in [-0.3, -0.25) is 10.3 Å². The quantitative estimate of drug-likeness (QED) is 0.770. The molecular formula is C23H23N5. The Kier molecular flexibility index (Phi) is 4.51. The molecule has 28 heavy (non-hydrogen) atoms. The van der Waals surface area contributed by atoms with Crippen molar-refractivity contribution in [3.05, 3.63) is 95.7 Å². The molecule has 2 aromatic carbocycles. The first-order valence-corrected chi connectivity index (χ1v) is 9.78. The Bertz CT molecular complexity index is 963. The number of rotatable bonds is 3. The van der Waals surface area contributed by atoms with Crippen LogP contribution in [0.5, 0.6) is 0 Å². The summed E-state index contributed by atoms with van der Waals surface area (Å²) >= 11 is 0. The van der Waals surface area contributed by atoms with E-state index in [1.54, 1.807) is 0 Å². The van der Waals surface area contributed by atoms with Crippen molar-refractivity contribution >= 4 is 11.5 Å². The van der Waals surface area contributed by atoms with E-state index in [2.05, 4.69) is 74.8 Å². The summed E-state index contributed by atoms with van der Waals surface area (Å²) in [7, 11) is 0. The second-order valence-corrected chi connectivity index (χ2v) is 7.16. The van der Waals surface area contributed by atoms with E-state index in [1.165, 1.54) is 11.1 Å². The largest absolute Gasteiger partial charge is 0.354 e. The van der Waals surface area contributed by atoms with Gasteiger partial charge in [0.15, 0.2) is 0 Å². The maximum atomic E-state index is 4.77. The predicted molar refractivity (Wildman–Crippen MR) is 112 cm³/mol. The third kappa shape index (κ3) is 3.14. The second kappa shape index (κ2) is 7.44. The van der Waals surface area contributed by atoms with Gasteiger partial charge in [0.2, 0.25) is 0 Å². The summed E-state index contributed by atoms with van der Waals surface area (Å²) in [5.74, 6) is 1.06. The molecule has 140 valence electrons. The lowest BCUT2D eigenvalue weighted by atomic mass is 9.94. The zero-order chi connectivity index (χ0) is 18.8. The highest BCUT2D eigenvalue weighted by molar-refractivity contribution is 6.14. The van der Waals surface area contributed by atoms with Crippen LogP contribution in [0.3, 0.4) is 0 Å². The van der Waals surface area contributed by atoms with Gasteiger partial charge >= 0.3 is 0 Å². The molecule has 1 aromatic heterocycles. The summed E-state index contributed by atoms with van der Waals surface area (Å²) in [4.78, 5) is 9.32. The molecule has 5 nitrogen and oxygen atoms in total. The monoisotopic (exact) mass is 369 g/mol. The van der Waals surface area contributed by atoms with Crippen molar-refractivity contribution in [3.8, 4) is 0 Å². The van der Waals surface area contributed by atoms with Crippen LogP contribution in [-0.4, -0.2) is 41.8 Å². The number of aromatic nitrogens is 1. The summed E-state index contributed by atoms with van der Waals surface area (Å²) in [6.45, 7) is 3.87. The fourth-order valence-corrected chi connectivity index (χ4v) is 4.05. The highest BCUT2D eigenvalue weighted by Gasteiger charge is 2.30. The van der Waals surface area contributed by atoms with Crippen LogP contribution in [0.1, 0.15) is 22.9 Å². The zero-order valence-corrected chi connectivity index (χ0v) is 15.7. The Labute approximate surface area is 165 Å². The van der Waals surface area contributed by atoms with Crippen molar-refractivity contribution in [1.82, 2.24) is 15.3 Å². The number of anilines is 1. The number of benzene rings is 2. The molecule has 3 heterocycles. The highest BCUT2D eigenvalue weighted by atomic mass is 15.4. The first-order valence-electron chi connectivity index (χ1n) is 9.78. The smallest absolute Gasteiger partial charge is 0.128 e. The molecule has 0 aliphatic carbocycles. The Hall–Kier alpha value is -3.18. The van der Waals surface area contributed by atoms with Gasteiger partial charge in [-0.1, -0.05) is 60.7 Å². The summed E-state index contributed by atoms with van der Waals surface area (Å²) in [5, 5.41) is 4.77. The Morgan fingerprint density at radius 2 is 1.54 bits per heavy atom. The lowest BCUT2D eigenvalue weighted by molar-refractivity contribution is 0.155. The number of nitrogens with one attached hydrogen (secondary N) is 1. The van der Waals surface area contributed by atoms with Gasteiger partial charge in [0.05, 0.1) is 5.71 Å². The molecule has 5 heteroatoms. The van der Waals surface area contributed by atoms with Crippen LogP contribution in [0, 0.1) is 0 Å². The van der Waals surface area contributed by atoms with Crippen LogP contribution >= 0.6 is 0 Å². The molecule has 1 saturated heterocycles. The van der Waals surface area contributed by atoms with Gasteiger partial charge in [-0.15, -0.1) is 0 Å². The average molecular weight is 369 g/mol. The second-order valence-electron chi connectivity index (χ2n) is 7.16. The first kappa shape index (κ1) is 17.0. The summed E-state index contributed by atoms with van der Waals surface area (Å²) in [6, 6.07) is 25.1. The van der Waals surface area contributed by atoms with Gasteiger partial charge < -0.3 is 4.90 Å². The molecule has 0 spiro atoms. The highest BCUT2D eigenvalue weighted by Crippen LogP contribution is 2.29. The normalized spacial score (nSPS) is 19.5.